The molecule has 0 aliphatic carbocycles. The second-order valence-corrected chi connectivity index (χ2v) is 5.06. The Morgan fingerprint density at radius 3 is 2.56 bits per heavy atom. The first-order chi connectivity index (χ1) is 7.54. The lowest BCUT2D eigenvalue weighted by atomic mass is 9.92. The number of piperidine rings is 1. The summed E-state index contributed by atoms with van der Waals surface area (Å²) in [6.07, 6.45) is 1.26. The zero-order chi connectivity index (χ0) is 11.7. The molecule has 1 aromatic heterocycles. The van der Waals surface area contributed by atoms with Gasteiger partial charge < -0.3 is 4.90 Å². The van der Waals surface area contributed by atoms with E-state index in [0.717, 1.165) is 24.7 Å². The molecule has 16 heavy (non-hydrogen) atoms. The van der Waals surface area contributed by atoms with Crippen molar-refractivity contribution in [3.05, 3.63) is 22.1 Å². The van der Waals surface area contributed by atoms with Crippen LogP contribution in [0.5, 0.6) is 0 Å². The Morgan fingerprint density at radius 1 is 1.38 bits per heavy atom. The van der Waals surface area contributed by atoms with Crippen molar-refractivity contribution in [3.8, 4) is 0 Å². The van der Waals surface area contributed by atoms with Crippen LogP contribution in [0.15, 0.2) is 10.9 Å². The average Bonchev–Trinajstić information content (AvgIpc) is 2.14. The van der Waals surface area contributed by atoms with Gasteiger partial charge in [-0.1, -0.05) is 13.8 Å². The largest absolute Gasteiger partial charge is 0.342 e. The molecule has 0 amide bonds. The van der Waals surface area contributed by atoms with Crippen LogP contribution in [0.2, 0.25) is 0 Å². The van der Waals surface area contributed by atoms with Crippen molar-refractivity contribution in [2.24, 2.45) is 11.8 Å². The van der Waals surface area contributed by atoms with Crippen LogP contribution in [0, 0.1) is 18.8 Å². The van der Waals surface area contributed by atoms with Gasteiger partial charge in [0.2, 0.25) is 5.95 Å². The van der Waals surface area contributed by atoms with E-state index in [9.17, 15) is 4.79 Å². The van der Waals surface area contributed by atoms with Gasteiger partial charge in [0, 0.05) is 24.8 Å². The van der Waals surface area contributed by atoms with Crippen LogP contribution < -0.4 is 10.5 Å². The van der Waals surface area contributed by atoms with Crippen molar-refractivity contribution in [2.45, 2.75) is 27.2 Å². The molecule has 2 rings (SSSR count). The van der Waals surface area contributed by atoms with Gasteiger partial charge in [0.25, 0.3) is 5.56 Å². The SMILES string of the molecule is Cc1cc(=O)[nH]c(N2CC(C)CC(C)C2)n1. The Morgan fingerprint density at radius 2 is 2.00 bits per heavy atom. The lowest BCUT2D eigenvalue weighted by Crippen LogP contribution is -2.40. The van der Waals surface area contributed by atoms with Crippen LogP contribution >= 0.6 is 0 Å². The van der Waals surface area contributed by atoms with Crippen LogP contribution in [-0.4, -0.2) is 23.1 Å². The highest BCUT2D eigenvalue weighted by atomic mass is 16.1. The minimum Gasteiger partial charge on any atom is -0.342 e. The maximum atomic E-state index is 11.4. The van der Waals surface area contributed by atoms with E-state index in [1.807, 2.05) is 6.92 Å². The Kier molecular flexibility index (Phi) is 2.99. The van der Waals surface area contributed by atoms with Gasteiger partial charge in [0.15, 0.2) is 0 Å². The van der Waals surface area contributed by atoms with E-state index in [-0.39, 0.29) is 5.56 Å². The first-order valence-corrected chi connectivity index (χ1v) is 5.87. The molecule has 0 radical (unpaired) electrons. The minimum absolute atomic E-state index is 0.0617. The van der Waals surface area contributed by atoms with E-state index in [2.05, 4.69) is 28.7 Å². The highest BCUT2D eigenvalue weighted by Gasteiger charge is 2.23. The summed E-state index contributed by atoms with van der Waals surface area (Å²) < 4.78 is 0. The molecule has 88 valence electrons. The number of hydrogen-bond acceptors (Lipinski definition) is 3. The van der Waals surface area contributed by atoms with Crippen molar-refractivity contribution in [1.82, 2.24) is 9.97 Å². The highest BCUT2D eigenvalue weighted by molar-refractivity contribution is 5.31. The zero-order valence-corrected chi connectivity index (χ0v) is 10.2. The molecular formula is C12H19N3O. The first-order valence-electron chi connectivity index (χ1n) is 5.87. The van der Waals surface area contributed by atoms with Gasteiger partial charge >= 0.3 is 0 Å². The molecule has 1 aromatic rings. The van der Waals surface area contributed by atoms with Gasteiger partial charge in [-0.2, -0.15) is 0 Å². The Hall–Kier alpha value is -1.32. The number of aromatic amines is 1. The second kappa shape index (κ2) is 4.28. The van der Waals surface area contributed by atoms with Crippen LogP contribution in [0.1, 0.15) is 26.0 Å². The fourth-order valence-corrected chi connectivity index (χ4v) is 2.55. The van der Waals surface area contributed by atoms with Crippen LogP contribution in [0.4, 0.5) is 5.95 Å². The van der Waals surface area contributed by atoms with Crippen LogP contribution in [0.3, 0.4) is 0 Å². The molecule has 2 atom stereocenters. The average molecular weight is 221 g/mol. The molecule has 0 saturated carbocycles. The van der Waals surface area contributed by atoms with Gasteiger partial charge in [-0.25, -0.2) is 4.98 Å². The first kappa shape index (κ1) is 11.2. The number of nitrogens with zero attached hydrogens (tertiary/aromatic N) is 2. The van der Waals surface area contributed by atoms with Crippen LogP contribution in [-0.2, 0) is 0 Å². The van der Waals surface area contributed by atoms with E-state index in [1.54, 1.807) is 0 Å². The third-order valence-corrected chi connectivity index (χ3v) is 3.03. The Bertz CT molecular complexity index is 417. The molecule has 4 heteroatoms. The Balaban J connectivity index is 2.26. The lowest BCUT2D eigenvalue weighted by Gasteiger charge is -2.35. The topological polar surface area (TPSA) is 49.0 Å². The molecule has 1 fully saturated rings. The number of aryl methyl sites for hydroxylation is 1. The summed E-state index contributed by atoms with van der Waals surface area (Å²) in [6.45, 7) is 8.32. The van der Waals surface area contributed by atoms with Crippen molar-refractivity contribution in [3.63, 3.8) is 0 Å². The number of H-pyrrole nitrogens is 1. The fourth-order valence-electron chi connectivity index (χ4n) is 2.55. The summed E-state index contributed by atoms with van der Waals surface area (Å²) in [5.41, 5.74) is 0.720. The number of anilines is 1. The van der Waals surface area contributed by atoms with Crippen molar-refractivity contribution in [2.75, 3.05) is 18.0 Å². The number of rotatable bonds is 1. The molecular weight excluding hydrogens is 202 g/mol. The number of aromatic nitrogens is 2. The summed E-state index contributed by atoms with van der Waals surface area (Å²) in [4.78, 5) is 20.8. The summed E-state index contributed by atoms with van der Waals surface area (Å²) in [5.74, 6) is 2.05. The molecule has 0 bridgehead atoms. The predicted molar refractivity (Wildman–Crippen MR) is 64.8 cm³/mol. The molecule has 0 aromatic carbocycles. The third-order valence-electron chi connectivity index (χ3n) is 3.03. The standard InChI is InChI=1S/C12H19N3O/c1-8-4-9(2)7-15(6-8)12-13-10(3)5-11(16)14-12/h5,8-9H,4,6-7H2,1-3H3,(H,13,14,16). The van der Waals surface area contributed by atoms with E-state index < -0.39 is 0 Å². The van der Waals surface area contributed by atoms with E-state index in [1.165, 1.54) is 12.5 Å². The molecule has 4 nitrogen and oxygen atoms in total. The normalized spacial score (nSPS) is 25.8. The Labute approximate surface area is 95.7 Å². The van der Waals surface area contributed by atoms with Gasteiger partial charge in [-0.15, -0.1) is 0 Å². The van der Waals surface area contributed by atoms with Crippen molar-refractivity contribution < 1.29 is 0 Å². The van der Waals surface area contributed by atoms with Gasteiger partial charge in [0.05, 0.1) is 0 Å². The molecule has 0 spiro atoms. The van der Waals surface area contributed by atoms with Gasteiger partial charge in [-0.05, 0) is 25.2 Å². The molecule has 1 saturated heterocycles. The third kappa shape index (κ3) is 2.43. The van der Waals surface area contributed by atoms with Gasteiger partial charge in [0.1, 0.15) is 0 Å². The van der Waals surface area contributed by atoms with Crippen molar-refractivity contribution in [1.29, 1.82) is 0 Å². The molecule has 1 aliphatic heterocycles. The minimum atomic E-state index is -0.0617. The van der Waals surface area contributed by atoms with Crippen LogP contribution in [0.25, 0.3) is 0 Å². The monoisotopic (exact) mass is 221 g/mol. The van der Waals surface area contributed by atoms with Gasteiger partial charge in [-0.3, -0.25) is 9.78 Å². The predicted octanol–water partition coefficient (Wildman–Crippen LogP) is 1.56. The smallest absolute Gasteiger partial charge is 0.252 e. The van der Waals surface area contributed by atoms with E-state index >= 15 is 0 Å². The lowest BCUT2D eigenvalue weighted by molar-refractivity contribution is 0.353. The molecule has 2 unspecified atom stereocenters. The zero-order valence-electron chi connectivity index (χ0n) is 10.2. The summed E-state index contributed by atoms with van der Waals surface area (Å²) in [7, 11) is 0. The molecule has 1 N–H and O–H groups in total. The fraction of sp³-hybridized carbons (Fsp3) is 0.667. The summed E-state index contributed by atoms with van der Waals surface area (Å²) in [6, 6.07) is 1.53. The van der Waals surface area contributed by atoms with E-state index in [4.69, 9.17) is 0 Å². The summed E-state index contributed by atoms with van der Waals surface area (Å²) >= 11 is 0. The highest BCUT2D eigenvalue weighted by Crippen LogP contribution is 2.23. The maximum Gasteiger partial charge on any atom is 0.252 e. The molecule has 1 aliphatic rings. The molecule has 2 heterocycles. The maximum absolute atomic E-state index is 11.4. The number of hydrogen-bond donors (Lipinski definition) is 1. The van der Waals surface area contributed by atoms with E-state index in [0.29, 0.717) is 11.8 Å². The number of nitrogens with one attached hydrogen (secondary N) is 1. The second-order valence-electron chi connectivity index (χ2n) is 5.06. The quantitative estimate of drug-likeness (QED) is 0.783. The summed E-state index contributed by atoms with van der Waals surface area (Å²) in [5, 5.41) is 0. The van der Waals surface area contributed by atoms with Crippen molar-refractivity contribution >= 4 is 5.95 Å².